The van der Waals surface area contributed by atoms with Crippen LogP contribution >= 0.6 is 0 Å². The molecule has 0 fully saturated rings. The molecule has 0 saturated carbocycles. The van der Waals surface area contributed by atoms with Crippen molar-refractivity contribution in [2.24, 2.45) is 0 Å². The number of phenols is 4. The van der Waals surface area contributed by atoms with Crippen LogP contribution in [0.3, 0.4) is 0 Å². The number of benzene rings is 2. The summed E-state index contributed by atoms with van der Waals surface area (Å²) < 4.78 is 5.62. The van der Waals surface area contributed by atoms with E-state index in [1.807, 2.05) is 0 Å². The first-order valence-electron chi connectivity index (χ1n) is 6.37. The van der Waals surface area contributed by atoms with Gasteiger partial charge in [0.15, 0.2) is 11.5 Å². The predicted octanol–water partition coefficient (Wildman–Crippen LogP) is 0.0945. The number of ether oxygens (including phenoxy) is 1. The third kappa shape index (κ3) is 2.79. The Kier molecular flexibility index (Phi) is 4.43. The first kappa shape index (κ1) is 16.3. The van der Waals surface area contributed by atoms with Gasteiger partial charge in [-0.25, -0.2) is 0 Å². The third-order valence-electron chi connectivity index (χ3n) is 3.51. The molecular weight excluding hydrogens is 349 g/mol. The van der Waals surface area contributed by atoms with Gasteiger partial charge in [-0.05, 0) is 17.7 Å². The summed E-state index contributed by atoms with van der Waals surface area (Å²) in [7, 11) is 0. The van der Waals surface area contributed by atoms with Gasteiger partial charge in [0.2, 0.25) is 0 Å². The van der Waals surface area contributed by atoms with Gasteiger partial charge in [-0.15, -0.1) is 0 Å². The second-order valence-corrected chi connectivity index (χ2v) is 5.00. The molecule has 0 unspecified atom stereocenters. The van der Waals surface area contributed by atoms with E-state index < -0.39 is 12.2 Å². The molecule has 5 N–H and O–H groups in total. The number of hydrogen-bond donors (Lipinski definition) is 5. The molecule has 1 heterocycles. The molecule has 0 amide bonds. The van der Waals surface area contributed by atoms with Crippen LogP contribution in [0.25, 0.3) is 0 Å². The molecule has 0 saturated heterocycles. The van der Waals surface area contributed by atoms with Crippen molar-refractivity contribution in [3.8, 4) is 28.7 Å². The Morgan fingerprint density at radius 1 is 0.909 bits per heavy atom. The fourth-order valence-electron chi connectivity index (χ4n) is 2.47. The fraction of sp³-hybridized carbons (Fsp3) is 0.200. The summed E-state index contributed by atoms with van der Waals surface area (Å²) in [6.07, 6.45) is -1.56. The van der Waals surface area contributed by atoms with E-state index in [2.05, 4.69) is 0 Å². The van der Waals surface area contributed by atoms with Crippen LogP contribution in [-0.4, -0.2) is 49.2 Å². The molecule has 1 aliphatic rings. The Balaban J connectivity index is 0.00000176. The van der Waals surface area contributed by atoms with Crippen LogP contribution in [-0.2, 0) is 6.42 Å². The number of rotatable bonds is 1. The monoisotopic (exact) mass is 368 g/mol. The van der Waals surface area contributed by atoms with E-state index in [4.69, 9.17) is 4.74 Å². The summed E-state index contributed by atoms with van der Waals surface area (Å²) in [4.78, 5) is 0. The minimum absolute atomic E-state index is 0. The van der Waals surface area contributed by atoms with Gasteiger partial charge >= 0.3 is 17.6 Å². The summed E-state index contributed by atoms with van der Waals surface area (Å²) in [6.45, 7) is 0. The van der Waals surface area contributed by atoms with Gasteiger partial charge in [0.05, 0.1) is 6.10 Å². The van der Waals surface area contributed by atoms with Crippen LogP contribution in [0.5, 0.6) is 28.7 Å². The van der Waals surface area contributed by atoms with Crippen molar-refractivity contribution in [2.75, 3.05) is 0 Å². The molecule has 0 spiro atoms. The first-order valence-corrected chi connectivity index (χ1v) is 6.37. The summed E-state index contributed by atoms with van der Waals surface area (Å²) in [5.74, 6) is -0.589. The number of phenolic OH excluding ortho intramolecular Hbond substituents is 4. The van der Waals surface area contributed by atoms with E-state index in [-0.39, 0.29) is 52.8 Å². The van der Waals surface area contributed by atoms with Crippen LogP contribution in [0.15, 0.2) is 30.3 Å². The standard InChI is InChI=1S/C15H14O6.GeH4/c16-8-4-11(18)9-6-13(20)15(21-14(9)5-8)7-1-2-10(17)12(19)3-7;/h1-5,13,15-20H,6H2;1H4/t13-,15+;/m0./s1. The molecule has 22 heavy (non-hydrogen) atoms. The number of hydrogen-bond acceptors (Lipinski definition) is 6. The molecule has 0 bridgehead atoms. The second kappa shape index (κ2) is 5.98. The normalized spacial score (nSPS) is 19.7. The zero-order valence-corrected chi connectivity index (χ0v) is 10.9. The zero-order chi connectivity index (χ0) is 15.1. The minimum atomic E-state index is -0.933. The molecule has 0 aliphatic carbocycles. The van der Waals surface area contributed by atoms with Crippen molar-refractivity contribution in [1.82, 2.24) is 0 Å². The Labute approximate surface area is 137 Å². The zero-order valence-electron chi connectivity index (χ0n) is 10.9. The van der Waals surface area contributed by atoms with Gasteiger partial charge in [-0.1, -0.05) is 6.07 Å². The van der Waals surface area contributed by atoms with E-state index >= 15 is 0 Å². The van der Waals surface area contributed by atoms with E-state index in [0.717, 1.165) is 0 Å². The Morgan fingerprint density at radius 3 is 2.32 bits per heavy atom. The van der Waals surface area contributed by atoms with E-state index in [1.165, 1.54) is 30.3 Å². The molecule has 0 aromatic heterocycles. The summed E-state index contributed by atoms with van der Waals surface area (Å²) >= 11 is 0. The van der Waals surface area contributed by atoms with Crippen molar-refractivity contribution in [1.29, 1.82) is 0 Å². The van der Waals surface area contributed by atoms with Crippen molar-refractivity contribution in [3.05, 3.63) is 41.5 Å². The SMILES string of the molecule is Oc1cc(O)c2c(c1)O[C@H](c1ccc(O)c(O)c1)[C@@H](O)C2.[GeH4]. The second-order valence-electron chi connectivity index (χ2n) is 5.00. The topological polar surface area (TPSA) is 110 Å². The van der Waals surface area contributed by atoms with Gasteiger partial charge < -0.3 is 30.3 Å². The molecule has 1 aliphatic heterocycles. The van der Waals surface area contributed by atoms with Crippen LogP contribution < -0.4 is 4.74 Å². The fourth-order valence-corrected chi connectivity index (χ4v) is 2.47. The van der Waals surface area contributed by atoms with Crippen molar-refractivity contribution in [2.45, 2.75) is 18.6 Å². The van der Waals surface area contributed by atoms with Crippen LogP contribution in [0.2, 0.25) is 0 Å². The first-order chi connectivity index (χ1) is 9.95. The van der Waals surface area contributed by atoms with Crippen LogP contribution in [0.4, 0.5) is 0 Å². The number of aromatic hydroxyl groups is 4. The van der Waals surface area contributed by atoms with E-state index in [1.54, 1.807) is 0 Å². The van der Waals surface area contributed by atoms with Crippen molar-refractivity contribution < 1.29 is 30.3 Å². The van der Waals surface area contributed by atoms with E-state index in [0.29, 0.717) is 11.1 Å². The molecule has 6 nitrogen and oxygen atoms in total. The predicted molar refractivity (Wildman–Crippen MR) is 84.0 cm³/mol. The molecule has 2 aromatic carbocycles. The molecular formula is C15H18GeO6. The number of aliphatic hydroxyl groups is 1. The molecule has 118 valence electrons. The Hall–Kier alpha value is -2.06. The Morgan fingerprint density at radius 2 is 1.64 bits per heavy atom. The number of aliphatic hydroxyl groups excluding tert-OH is 1. The summed E-state index contributed by atoms with van der Waals surface area (Å²) in [6, 6.07) is 6.67. The molecule has 7 heteroatoms. The average molecular weight is 367 g/mol. The van der Waals surface area contributed by atoms with Gasteiger partial charge in [-0.2, -0.15) is 0 Å². The molecule has 2 aromatic rings. The number of fused-ring (bicyclic) bond motifs is 1. The quantitative estimate of drug-likeness (QED) is 0.361. The molecule has 2 atom stereocenters. The maximum atomic E-state index is 10.2. The van der Waals surface area contributed by atoms with E-state index in [9.17, 15) is 25.5 Å². The van der Waals surface area contributed by atoms with Gasteiger partial charge in [0.1, 0.15) is 23.4 Å². The third-order valence-corrected chi connectivity index (χ3v) is 3.51. The van der Waals surface area contributed by atoms with Crippen LogP contribution in [0, 0.1) is 0 Å². The van der Waals surface area contributed by atoms with Gasteiger partial charge in [0, 0.05) is 24.1 Å². The van der Waals surface area contributed by atoms with Crippen molar-refractivity contribution in [3.63, 3.8) is 0 Å². The summed E-state index contributed by atoms with van der Waals surface area (Å²) in [5.41, 5.74) is 0.894. The van der Waals surface area contributed by atoms with Gasteiger partial charge in [0.25, 0.3) is 0 Å². The van der Waals surface area contributed by atoms with Gasteiger partial charge in [-0.3, -0.25) is 0 Å². The average Bonchev–Trinajstić information content (AvgIpc) is 2.42. The van der Waals surface area contributed by atoms with Crippen LogP contribution in [0.1, 0.15) is 17.2 Å². The van der Waals surface area contributed by atoms with Crippen molar-refractivity contribution >= 4 is 17.6 Å². The maximum absolute atomic E-state index is 10.2. The molecule has 0 radical (unpaired) electrons. The Bertz CT molecular complexity index is 703. The molecule has 3 rings (SSSR count). The summed E-state index contributed by atoms with van der Waals surface area (Å²) in [5, 5.41) is 48.3.